The number of ether oxygens (including phenoxy) is 2. The minimum absolute atomic E-state index is 0.0201. The summed E-state index contributed by atoms with van der Waals surface area (Å²) in [7, 11) is 1.28. The molecule has 11 nitrogen and oxygen atoms in total. The highest BCUT2D eigenvalue weighted by molar-refractivity contribution is 5.97. The standard InChI is InChI=1S/C25H27FN4O7/c1-35-28-24(33)19-5-2-16(12-22(19)31)3-7-23(32)27-14-18-15-30(25(34)37-18)17-4-6-21(20(26)13-17)29-8-10-36-11-9-29/h2-7,12-13,18,31H,8-11,14-15H2,1H3,(H,27,32)(H,28,33)/t18-/m0/s1. The van der Waals surface area contributed by atoms with Gasteiger partial charge < -0.3 is 24.8 Å². The Morgan fingerprint density at radius 2 is 2.00 bits per heavy atom. The Morgan fingerprint density at radius 3 is 2.70 bits per heavy atom. The number of carbonyl (C=O) groups excluding carboxylic acids is 3. The highest BCUT2D eigenvalue weighted by atomic mass is 19.1. The first-order chi connectivity index (χ1) is 17.9. The number of halogens is 1. The summed E-state index contributed by atoms with van der Waals surface area (Å²) in [6.45, 7) is 2.46. The molecule has 2 aromatic rings. The van der Waals surface area contributed by atoms with Crippen LogP contribution in [0.25, 0.3) is 6.08 Å². The second kappa shape index (κ2) is 11.7. The number of amides is 3. The Kier molecular flexibility index (Phi) is 8.21. The van der Waals surface area contributed by atoms with E-state index in [0.29, 0.717) is 43.2 Å². The predicted octanol–water partition coefficient (Wildman–Crippen LogP) is 1.81. The molecule has 2 aliphatic rings. The third-order valence-electron chi connectivity index (χ3n) is 5.86. The minimum atomic E-state index is -0.624. The molecule has 0 spiro atoms. The lowest BCUT2D eigenvalue weighted by Gasteiger charge is -2.29. The number of carbonyl (C=O) groups is 3. The maximum absolute atomic E-state index is 14.7. The van der Waals surface area contributed by atoms with E-state index in [1.54, 1.807) is 18.2 Å². The van der Waals surface area contributed by atoms with Crippen LogP contribution in [0, 0.1) is 5.82 Å². The zero-order chi connectivity index (χ0) is 26.4. The normalized spacial score (nSPS) is 17.7. The molecule has 196 valence electrons. The van der Waals surface area contributed by atoms with E-state index in [2.05, 4.69) is 15.6 Å². The Morgan fingerprint density at radius 1 is 1.22 bits per heavy atom. The van der Waals surface area contributed by atoms with E-state index in [9.17, 15) is 23.9 Å². The zero-order valence-corrected chi connectivity index (χ0v) is 20.1. The zero-order valence-electron chi connectivity index (χ0n) is 20.1. The van der Waals surface area contributed by atoms with Crippen molar-refractivity contribution in [3.63, 3.8) is 0 Å². The van der Waals surface area contributed by atoms with Crippen LogP contribution in [0.2, 0.25) is 0 Å². The molecule has 12 heteroatoms. The summed E-state index contributed by atoms with van der Waals surface area (Å²) >= 11 is 0. The number of rotatable bonds is 8. The van der Waals surface area contributed by atoms with E-state index in [1.807, 2.05) is 4.90 Å². The Hall–Kier alpha value is -4.16. The van der Waals surface area contributed by atoms with Gasteiger partial charge in [-0.2, -0.15) is 0 Å². The fourth-order valence-electron chi connectivity index (χ4n) is 4.00. The van der Waals surface area contributed by atoms with E-state index in [0.717, 1.165) is 0 Å². The van der Waals surface area contributed by atoms with Crippen LogP contribution in [0.3, 0.4) is 0 Å². The number of phenols is 1. The number of phenolic OH excluding ortho intramolecular Hbond substituents is 1. The number of aromatic hydroxyl groups is 1. The number of anilines is 2. The van der Waals surface area contributed by atoms with E-state index < -0.39 is 29.8 Å². The SMILES string of the molecule is CONC(=O)c1ccc(C=CC(=O)NC[C@H]2CN(c3ccc(N4CCOCC4)c(F)c3)C(=O)O2)cc1O. The molecule has 4 rings (SSSR count). The van der Waals surface area contributed by atoms with Crippen LogP contribution in [-0.2, 0) is 19.1 Å². The molecule has 3 N–H and O–H groups in total. The molecule has 1 atom stereocenters. The number of nitrogens with one attached hydrogen (secondary N) is 2. The van der Waals surface area contributed by atoms with Gasteiger partial charge in [0.25, 0.3) is 5.91 Å². The molecule has 0 unspecified atom stereocenters. The van der Waals surface area contributed by atoms with Gasteiger partial charge in [-0.25, -0.2) is 14.7 Å². The fraction of sp³-hybridized carbons (Fsp3) is 0.320. The Labute approximate surface area is 212 Å². The maximum atomic E-state index is 14.7. The van der Waals surface area contributed by atoms with Crippen molar-refractivity contribution in [3.05, 3.63) is 59.4 Å². The predicted molar refractivity (Wildman–Crippen MR) is 132 cm³/mol. The van der Waals surface area contributed by atoms with Crippen LogP contribution in [-0.4, -0.2) is 75.6 Å². The number of hydrogen-bond donors (Lipinski definition) is 3. The van der Waals surface area contributed by atoms with E-state index >= 15 is 0 Å². The Bertz CT molecular complexity index is 1200. The lowest BCUT2D eigenvalue weighted by atomic mass is 10.1. The van der Waals surface area contributed by atoms with Crippen molar-refractivity contribution in [1.29, 1.82) is 0 Å². The molecule has 3 amide bonds. The van der Waals surface area contributed by atoms with Crippen molar-refractivity contribution in [2.75, 3.05) is 56.3 Å². The summed E-state index contributed by atoms with van der Waals surface area (Å²) in [5.41, 5.74) is 3.44. The van der Waals surface area contributed by atoms with Gasteiger partial charge in [-0.3, -0.25) is 19.3 Å². The number of nitrogens with zero attached hydrogens (tertiary/aromatic N) is 2. The van der Waals surface area contributed by atoms with Crippen molar-refractivity contribution < 1.29 is 38.2 Å². The topological polar surface area (TPSA) is 130 Å². The maximum Gasteiger partial charge on any atom is 0.414 e. The lowest BCUT2D eigenvalue weighted by molar-refractivity contribution is -0.116. The quantitative estimate of drug-likeness (QED) is 0.359. The second-order valence-electron chi connectivity index (χ2n) is 8.34. The molecular weight excluding hydrogens is 487 g/mol. The van der Waals surface area contributed by atoms with E-state index in [1.165, 1.54) is 42.4 Å². The summed E-state index contributed by atoms with van der Waals surface area (Å²) in [6.07, 6.45) is 1.47. The molecule has 2 saturated heterocycles. The molecule has 2 aromatic carbocycles. The summed E-state index contributed by atoms with van der Waals surface area (Å²) in [4.78, 5) is 44.1. The van der Waals surface area contributed by atoms with Crippen LogP contribution >= 0.6 is 0 Å². The van der Waals surface area contributed by atoms with Gasteiger partial charge in [0.05, 0.1) is 50.4 Å². The highest BCUT2D eigenvalue weighted by Crippen LogP contribution is 2.28. The van der Waals surface area contributed by atoms with Crippen LogP contribution in [0.5, 0.6) is 5.75 Å². The first-order valence-electron chi connectivity index (χ1n) is 11.6. The van der Waals surface area contributed by atoms with Gasteiger partial charge in [0, 0.05) is 19.2 Å². The van der Waals surface area contributed by atoms with Gasteiger partial charge in [0.2, 0.25) is 5.91 Å². The van der Waals surface area contributed by atoms with Crippen LogP contribution < -0.4 is 20.6 Å². The fourth-order valence-corrected chi connectivity index (χ4v) is 4.00. The first-order valence-corrected chi connectivity index (χ1v) is 11.6. The molecule has 2 aliphatic heterocycles. The monoisotopic (exact) mass is 514 g/mol. The van der Waals surface area contributed by atoms with Crippen molar-refractivity contribution >= 4 is 35.4 Å². The number of cyclic esters (lactones) is 1. The number of benzene rings is 2. The largest absolute Gasteiger partial charge is 0.507 e. The van der Waals surface area contributed by atoms with Crippen molar-refractivity contribution in [3.8, 4) is 5.75 Å². The van der Waals surface area contributed by atoms with Gasteiger partial charge in [-0.1, -0.05) is 6.07 Å². The molecule has 0 aromatic heterocycles. The van der Waals surface area contributed by atoms with Gasteiger partial charge in [0.1, 0.15) is 17.7 Å². The molecule has 2 fully saturated rings. The lowest BCUT2D eigenvalue weighted by Crippen LogP contribution is -2.36. The Balaban J connectivity index is 1.29. The summed E-state index contributed by atoms with van der Waals surface area (Å²) in [6, 6.07) is 8.87. The van der Waals surface area contributed by atoms with E-state index in [-0.39, 0.29) is 24.4 Å². The number of morpholine rings is 1. The van der Waals surface area contributed by atoms with Crippen molar-refractivity contribution in [1.82, 2.24) is 10.8 Å². The van der Waals surface area contributed by atoms with E-state index in [4.69, 9.17) is 9.47 Å². The second-order valence-corrected chi connectivity index (χ2v) is 8.34. The van der Waals surface area contributed by atoms with Crippen LogP contribution in [0.1, 0.15) is 15.9 Å². The minimum Gasteiger partial charge on any atom is -0.507 e. The summed E-state index contributed by atoms with van der Waals surface area (Å²) in [5.74, 6) is -1.77. The molecule has 0 saturated carbocycles. The smallest absolute Gasteiger partial charge is 0.414 e. The number of hydrogen-bond acceptors (Lipinski definition) is 8. The average Bonchev–Trinajstić information content (AvgIpc) is 3.27. The first kappa shape index (κ1) is 25.9. The molecular formula is C25H27FN4O7. The van der Waals surface area contributed by atoms with Gasteiger partial charge >= 0.3 is 6.09 Å². The van der Waals surface area contributed by atoms with Crippen LogP contribution in [0.4, 0.5) is 20.6 Å². The average molecular weight is 515 g/mol. The van der Waals surface area contributed by atoms with Crippen molar-refractivity contribution in [2.45, 2.75) is 6.10 Å². The third kappa shape index (κ3) is 6.35. The summed E-state index contributed by atoms with van der Waals surface area (Å²) < 4.78 is 25.4. The molecule has 0 bridgehead atoms. The van der Waals surface area contributed by atoms with Gasteiger partial charge in [-0.05, 0) is 42.0 Å². The molecule has 37 heavy (non-hydrogen) atoms. The number of hydroxylamine groups is 1. The van der Waals surface area contributed by atoms with Crippen LogP contribution in [0.15, 0.2) is 42.5 Å². The third-order valence-corrected chi connectivity index (χ3v) is 5.86. The van der Waals surface area contributed by atoms with Gasteiger partial charge in [0.15, 0.2) is 0 Å². The molecule has 2 heterocycles. The molecule has 0 aliphatic carbocycles. The summed E-state index contributed by atoms with van der Waals surface area (Å²) in [5, 5.41) is 12.7. The van der Waals surface area contributed by atoms with Crippen molar-refractivity contribution in [2.24, 2.45) is 0 Å². The van der Waals surface area contributed by atoms with Gasteiger partial charge in [-0.15, -0.1) is 0 Å². The molecule has 0 radical (unpaired) electrons. The highest BCUT2D eigenvalue weighted by Gasteiger charge is 2.33.